The maximum Gasteiger partial charge on any atom is 0.254 e. The molecule has 1 heterocycles. The van der Waals surface area contributed by atoms with Gasteiger partial charge in [-0.2, -0.15) is 0 Å². The Labute approximate surface area is 116 Å². The van der Waals surface area contributed by atoms with Crippen LogP contribution in [0.1, 0.15) is 10.4 Å². The molecule has 1 fully saturated rings. The van der Waals surface area contributed by atoms with Crippen molar-refractivity contribution in [3.63, 3.8) is 0 Å². The van der Waals surface area contributed by atoms with Gasteiger partial charge >= 0.3 is 0 Å². The van der Waals surface area contributed by atoms with Crippen LogP contribution < -0.4 is 0 Å². The van der Waals surface area contributed by atoms with Crippen LogP contribution in [0.4, 0.5) is 0 Å². The molecule has 1 unspecified atom stereocenters. The molecule has 1 amide bonds. The molecular formula is C11H12BrNO4S. The lowest BCUT2D eigenvalue weighted by Crippen LogP contribution is -2.40. The van der Waals surface area contributed by atoms with E-state index in [9.17, 15) is 9.00 Å². The van der Waals surface area contributed by atoms with Gasteiger partial charge in [-0.25, -0.2) is 4.21 Å². The summed E-state index contributed by atoms with van der Waals surface area (Å²) in [4.78, 5) is 14.0. The number of ether oxygens (including phenoxy) is 1. The summed E-state index contributed by atoms with van der Waals surface area (Å²) in [7, 11) is 0. The molecule has 0 bridgehead atoms. The minimum Gasteiger partial charge on any atom is -0.378 e. The van der Waals surface area contributed by atoms with Crippen LogP contribution in [0.3, 0.4) is 0 Å². The number of hydrogen-bond acceptors (Lipinski definition) is 3. The largest absolute Gasteiger partial charge is 0.378 e. The number of benzene rings is 1. The fraction of sp³-hybridized carbons (Fsp3) is 0.364. The predicted octanol–water partition coefficient (Wildman–Crippen LogP) is 1.50. The molecule has 1 aliphatic rings. The topological polar surface area (TPSA) is 66.8 Å². The minimum absolute atomic E-state index is 0.141. The van der Waals surface area contributed by atoms with E-state index in [1.807, 2.05) is 0 Å². The lowest BCUT2D eigenvalue weighted by Gasteiger charge is -2.27. The Morgan fingerprint density at radius 2 is 2.06 bits per heavy atom. The summed E-state index contributed by atoms with van der Waals surface area (Å²) in [6.07, 6.45) is 0. The maximum absolute atomic E-state index is 12.2. The molecule has 18 heavy (non-hydrogen) atoms. The minimum atomic E-state index is -2.11. The predicted molar refractivity (Wildman–Crippen MR) is 69.9 cm³/mol. The molecular weight excluding hydrogens is 322 g/mol. The first-order valence-corrected chi connectivity index (χ1v) is 7.27. The van der Waals surface area contributed by atoms with Gasteiger partial charge in [-0.1, -0.05) is 0 Å². The van der Waals surface area contributed by atoms with Gasteiger partial charge in [0.2, 0.25) is 0 Å². The van der Waals surface area contributed by atoms with Crippen LogP contribution >= 0.6 is 15.9 Å². The highest BCUT2D eigenvalue weighted by Gasteiger charge is 2.20. The fourth-order valence-electron chi connectivity index (χ4n) is 1.72. The Hall–Kier alpha value is -0.760. The van der Waals surface area contributed by atoms with Crippen LogP contribution in [0.15, 0.2) is 27.6 Å². The molecule has 98 valence electrons. The number of hydrogen-bond donors (Lipinski definition) is 1. The molecule has 1 aromatic carbocycles. The molecule has 1 atom stereocenters. The van der Waals surface area contributed by atoms with Crippen molar-refractivity contribution >= 4 is 32.9 Å². The number of carbonyl (C=O) groups is 1. The van der Waals surface area contributed by atoms with Crippen molar-refractivity contribution in [2.24, 2.45) is 0 Å². The van der Waals surface area contributed by atoms with Crippen molar-refractivity contribution in [2.75, 3.05) is 26.3 Å². The Morgan fingerprint density at radius 1 is 1.39 bits per heavy atom. The zero-order valence-electron chi connectivity index (χ0n) is 9.47. The molecule has 0 radical (unpaired) electrons. The van der Waals surface area contributed by atoms with Crippen LogP contribution in [0.5, 0.6) is 0 Å². The third-order valence-electron chi connectivity index (χ3n) is 2.66. The zero-order chi connectivity index (χ0) is 13.1. The average Bonchev–Trinajstić information content (AvgIpc) is 2.39. The summed E-state index contributed by atoms with van der Waals surface area (Å²) >= 11 is 1.06. The number of amides is 1. The Morgan fingerprint density at radius 3 is 2.67 bits per heavy atom. The van der Waals surface area contributed by atoms with Gasteiger partial charge in [0.25, 0.3) is 5.91 Å². The third kappa shape index (κ3) is 2.97. The van der Waals surface area contributed by atoms with Gasteiger partial charge < -0.3 is 14.2 Å². The number of nitrogens with zero attached hydrogens (tertiary/aromatic N) is 1. The summed E-state index contributed by atoms with van der Waals surface area (Å²) in [6, 6.07) is 4.69. The van der Waals surface area contributed by atoms with Crippen molar-refractivity contribution < 1.29 is 18.3 Å². The van der Waals surface area contributed by atoms with Gasteiger partial charge in [0, 0.05) is 23.1 Å². The average molecular weight is 334 g/mol. The third-order valence-corrected chi connectivity index (χ3v) is 4.33. The van der Waals surface area contributed by atoms with Crippen LogP contribution in [-0.4, -0.2) is 45.9 Å². The van der Waals surface area contributed by atoms with Gasteiger partial charge in [0.05, 0.1) is 18.1 Å². The van der Waals surface area contributed by atoms with E-state index in [0.29, 0.717) is 36.3 Å². The van der Waals surface area contributed by atoms with Crippen LogP contribution in [0, 0.1) is 0 Å². The standard InChI is InChI=1S/C11H12BrNO4S/c12-9-2-1-8(7-10(9)18(15)16)11(14)13-3-5-17-6-4-13/h1-2,7H,3-6H2,(H,15,16). The smallest absolute Gasteiger partial charge is 0.254 e. The van der Waals surface area contributed by atoms with E-state index in [1.165, 1.54) is 6.07 Å². The van der Waals surface area contributed by atoms with Gasteiger partial charge in [0.15, 0.2) is 11.1 Å². The summed E-state index contributed by atoms with van der Waals surface area (Å²) in [5.74, 6) is -0.141. The van der Waals surface area contributed by atoms with E-state index in [0.717, 1.165) is 0 Å². The van der Waals surface area contributed by atoms with Crippen molar-refractivity contribution in [3.05, 3.63) is 28.2 Å². The Bertz CT molecular complexity index is 488. The van der Waals surface area contributed by atoms with E-state index in [4.69, 9.17) is 9.29 Å². The van der Waals surface area contributed by atoms with Gasteiger partial charge in [-0.15, -0.1) is 0 Å². The van der Waals surface area contributed by atoms with E-state index in [-0.39, 0.29) is 10.8 Å². The second kappa shape index (κ2) is 5.92. The normalized spacial score (nSPS) is 17.6. The van der Waals surface area contributed by atoms with Gasteiger partial charge in [0.1, 0.15) is 0 Å². The molecule has 0 saturated carbocycles. The molecule has 1 aromatic rings. The highest BCUT2D eigenvalue weighted by atomic mass is 79.9. The van der Waals surface area contributed by atoms with Crippen molar-refractivity contribution in [1.82, 2.24) is 4.90 Å². The summed E-state index contributed by atoms with van der Waals surface area (Å²) in [5, 5.41) is 0. The lowest BCUT2D eigenvalue weighted by atomic mass is 10.2. The Balaban J connectivity index is 2.24. The quantitative estimate of drug-likeness (QED) is 0.833. The number of halogens is 1. The fourth-order valence-corrected chi connectivity index (χ4v) is 2.84. The van der Waals surface area contributed by atoms with E-state index >= 15 is 0 Å². The van der Waals surface area contributed by atoms with E-state index in [1.54, 1.807) is 17.0 Å². The van der Waals surface area contributed by atoms with E-state index < -0.39 is 11.1 Å². The molecule has 1 N–H and O–H groups in total. The number of rotatable bonds is 2. The highest BCUT2D eigenvalue weighted by Crippen LogP contribution is 2.22. The van der Waals surface area contributed by atoms with Crippen LogP contribution in [0.2, 0.25) is 0 Å². The first-order chi connectivity index (χ1) is 8.59. The second-order valence-electron chi connectivity index (χ2n) is 3.80. The number of carbonyl (C=O) groups excluding carboxylic acids is 1. The molecule has 0 aromatic heterocycles. The van der Waals surface area contributed by atoms with Crippen LogP contribution in [0.25, 0.3) is 0 Å². The summed E-state index contributed by atoms with van der Waals surface area (Å²) < 4.78 is 25.9. The Kier molecular flexibility index (Phi) is 4.50. The summed E-state index contributed by atoms with van der Waals surface area (Å²) in [6.45, 7) is 2.15. The molecule has 7 heteroatoms. The molecule has 0 spiro atoms. The van der Waals surface area contributed by atoms with Crippen molar-refractivity contribution in [3.8, 4) is 0 Å². The molecule has 0 aliphatic carbocycles. The number of morpholine rings is 1. The first kappa shape index (κ1) is 13.7. The molecule has 1 aliphatic heterocycles. The monoisotopic (exact) mass is 333 g/mol. The molecule has 2 rings (SSSR count). The maximum atomic E-state index is 12.2. The second-order valence-corrected chi connectivity index (χ2v) is 5.59. The first-order valence-electron chi connectivity index (χ1n) is 5.37. The van der Waals surface area contributed by atoms with Crippen molar-refractivity contribution in [1.29, 1.82) is 0 Å². The van der Waals surface area contributed by atoms with Gasteiger partial charge in [-0.05, 0) is 34.1 Å². The molecule has 1 saturated heterocycles. The van der Waals surface area contributed by atoms with Crippen molar-refractivity contribution in [2.45, 2.75) is 4.90 Å². The summed E-state index contributed by atoms with van der Waals surface area (Å²) in [5.41, 5.74) is 0.414. The SMILES string of the molecule is O=C(c1ccc(Br)c(S(=O)O)c1)N1CCOCC1. The van der Waals surface area contributed by atoms with E-state index in [2.05, 4.69) is 15.9 Å². The lowest BCUT2D eigenvalue weighted by molar-refractivity contribution is 0.0302. The highest BCUT2D eigenvalue weighted by molar-refractivity contribution is 9.10. The van der Waals surface area contributed by atoms with Crippen LogP contribution in [-0.2, 0) is 15.8 Å². The molecule has 5 nitrogen and oxygen atoms in total. The van der Waals surface area contributed by atoms with Gasteiger partial charge in [-0.3, -0.25) is 4.79 Å². The zero-order valence-corrected chi connectivity index (χ0v) is 11.9.